The number of carboxylic acids is 1. The first kappa shape index (κ1) is 16.9. The molecule has 1 aromatic rings. The summed E-state index contributed by atoms with van der Waals surface area (Å²) in [6.45, 7) is 4.37. The van der Waals surface area contributed by atoms with Gasteiger partial charge in [0.25, 0.3) is 0 Å². The molecular formula is C20H28N2O3. The number of benzene rings is 1. The molecule has 0 amide bonds. The normalized spacial score (nSPS) is 34.0. The first-order valence-corrected chi connectivity index (χ1v) is 9.51. The third kappa shape index (κ3) is 3.15. The van der Waals surface area contributed by atoms with Gasteiger partial charge in [-0.15, -0.1) is 0 Å². The van der Waals surface area contributed by atoms with Gasteiger partial charge in [0.2, 0.25) is 0 Å². The molecular weight excluding hydrogens is 316 g/mol. The molecule has 5 heteroatoms. The first-order valence-electron chi connectivity index (χ1n) is 9.51. The minimum Gasteiger partial charge on any atom is -0.497 e. The second-order valence-corrected chi connectivity index (χ2v) is 7.73. The molecule has 1 aromatic carbocycles. The fourth-order valence-corrected chi connectivity index (χ4v) is 5.39. The highest BCUT2D eigenvalue weighted by molar-refractivity contribution is 5.66. The van der Waals surface area contributed by atoms with Crippen LogP contribution in [-0.2, 0) is 4.79 Å². The second kappa shape index (κ2) is 6.96. The van der Waals surface area contributed by atoms with E-state index in [-0.39, 0.29) is 6.42 Å². The highest BCUT2D eigenvalue weighted by Gasteiger charge is 2.52. The predicted molar refractivity (Wildman–Crippen MR) is 96.1 cm³/mol. The van der Waals surface area contributed by atoms with Crippen LogP contribution in [0.1, 0.15) is 37.2 Å². The Bertz CT molecular complexity index is 627. The number of nitrogens with zero attached hydrogens (tertiary/aromatic N) is 2. The first-order chi connectivity index (χ1) is 12.2. The van der Waals surface area contributed by atoms with Crippen LogP contribution < -0.4 is 4.74 Å². The maximum Gasteiger partial charge on any atom is 0.303 e. The Morgan fingerprint density at radius 2 is 2.08 bits per heavy atom. The summed E-state index contributed by atoms with van der Waals surface area (Å²) in [5.74, 6) is 1.51. The van der Waals surface area contributed by atoms with Crippen molar-refractivity contribution in [2.45, 2.75) is 43.7 Å². The van der Waals surface area contributed by atoms with Gasteiger partial charge in [-0.1, -0.05) is 12.1 Å². The monoisotopic (exact) mass is 344 g/mol. The number of methoxy groups -OCH3 is 1. The van der Waals surface area contributed by atoms with E-state index < -0.39 is 5.97 Å². The average Bonchev–Trinajstić information content (AvgIpc) is 3.04. The van der Waals surface area contributed by atoms with Crippen molar-refractivity contribution < 1.29 is 14.6 Å². The maximum atomic E-state index is 10.9. The van der Waals surface area contributed by atoms with Crippen LogP contribution >= 0.6 is 0 Å². The van der Waals surface area contributed by atoms with Crippen LogP contribution in [0.2, 0.25) is 0 Å². The number of carboxylic acid groups (broad SMARTS) is 1. The molecule has 0 aromatic heterocycles. The van der Waals surface area contributed by atoms with E-state index >= 15 is 0 Å². The fraction of sp³-hybridized carbons (Fsp3) is 0.650. The average molecular weight is 344 g/mol. The van der Waals surface area contributed by atoms with Gasteiger partial charge in [-0.3, -0.25) is 14.6 Å². The van der Waals surface area contributed by atoms with Gasteiger partial charge < -0.3 is 9.84 Å². The Morgan fingerprint density at radius 1 is 1.28 bits per heavy atom. The third-order valence-corrected chi connectivity index (χ3v) is 6.45. The number of hydrogen-bond acceptors (Lipinski definition) is 4. The van der Waals surface area contributed by atoms with Crippen LogP contribution in [-0.4, -0.2) is 66.2 Å². The number of rotatable bonds is 6. The van der Waals surface area contributed by atoms with E-state index in [4.69, 9.17) is 9.84 Å². The zero-order chi connectivity index (χ0) is 17.4. The van der Waals surface area contributed by atoms with E-state index in [1.807, 2.05) is 6.07 Å². The van der Waals surface area contributed by atoms with Crippen molar-refractivity contribution in [3.05, 3.63) is 29.8 Å². The van der Waals surface area contributed by atoms with Gasteiger partial charge >= 0.3 is 5.97 Å². The molecule has 5 rings (SSSR count). The van der Waals surface area contributed by atoms with E-state index in [1.165, 1.54) is 31.5 Å². The molecule has 1 N–H and O–H groups in total. The fourth-order valence-electron chi connectivity index (χ4n) is 5.39. The van der Waals surface area contributed by atoms with Gasteiger partial charge in [-0.2, -0.15) is 0 Å². The summed E-state index contributed by atoms with van der Waals surface area (Å²) in [7, 11) is 1.72. The number of aliphatic carboxylic acids is 1. The summed E-state index contributed by atoms with van der Waals surface area (Å²) in [5, 5.41) is 8.97. The van der Waals surface area contributed by atoms with Crippen molar-refractivity contribution in [1.29, 1.82) is 0 Å². The molecule has 0 unspecified atom stereocenters. The quantitative estimate of drug-likeness (QED) is 0.859. The molecule has 0 aliphatic carbocycles. The maximum absolute atomic E-state index is 10.9. The molecule has 136 valence electrons. The molecule has 4 saturated heterocycles. The van der Waals surface area contributed by atoms with Gasteiger partial charge in [-0.05, 0) is 62.5 Å². The molecule has 4 fully saturated rings. The second-order valence-electron chi connectivity index (χ2n) is 7.73. The zero-order valence-corrected chi connectivity index (χ0v) is 14.9. The van der Waals surface area contributed by atoms with E-state index in [0.717, 1.165) is 31.2 Å². The van der Waals surface area contributed by atoms with Crippen LogP contribution in [0.5, 0.6) is 5.75 Å². The zero-order valence-electron chi connectivity index (χ0n) is 14.9. The minimum atomic E-state index is -0.686. The van der Waals surface area contributed by atoms with E-state index in [0.29, 0.717) is 18.0 Å². The number of fused-ring (bicyclic) bond motifs is 2. The molecule has 4 heterocycles. The Balaban J connectivity index is 1.58. The lowest BCUT2D eigenvalue weighted by Gasteiger charge is -2.51. The lowest BCUT2D eigenvalue weighted by molar-refractivity contribution is -0.137. The van der Waals surface area contributed by atoms with Crippen LogP contribution in [0.4, 0.5) is 0 Å². The summed E-state index contributed by atoms with van der Waals surface area (Å²) >= 11 is 0. The van der Waals surface area contributed by atoms with Crippen molar-refractivity contribution in [2.24, 2.45) is 5.92 Å². The Labute approximate surface area is 149 Å². The summed E-state index contributed by atoms with van der Waals surface area (Å²) < 4.78 is 5.44. The molecule has 5 nitrogen and oxygen atoms in total. The van der Waals surface area contributed by atoms with Gasteiger partial charge in [-0.25, -0.2) is 0 Å². The molecule has 3 atom stereocenters. The van der Waals surface area contributed by atoms with Crippen molar-refractivity contribution in [3.63, 3.8) is 0 Å². The number of ether oxygens (including phenoxy) is 1. The van der Waals surface area contributed by atoms with Gasteiger partial charge in [0.05, 0.1) is 7.11 Å². The van der Waals surface area contributed by atoms with Crippen molar-refractivity contribution in [3.8, 4) is 5.75 Å². The Kier molecular flexibility index (Phi) is 4.69. The molecule has 2 bridgehead atoms. The summed E-state index contributed by atoms with van der Waals surface area (Å²) in [4.78, 5) is 16.2. The Morgan fingerprint density at radius 3 is 2.80 bits per heavy atom. The highest BCUT2D eigenvalue weighted by atomic mass is 16.5. The smallest absolute Gasteiger partial charge is 0.303 e. The summed E-state index contributed by atoms with van der Waals surface area (Å²) in [5.41, 5.74) is 1.36. The van der Waals surface area contributed by atoms with Crippen molar-refractivity contribution in [2.75, 3.05) is 33.3 Å². The van der Waals surface area contributed by atoms with E-state index in [9.17, 15) is 4.79 Å². The number of likely N-dealkylation sites (tertiary alicyclic amines) is 1. The lowest BCUT2D eigenvalue weighted by atomic mass is 9.75. The van der Waals surface area contributed by atoms with Gasteiger partial charge in [0.1, 0.15) is 5.75 Å². The van der Waals surface area contributed by atoms with E-state index in [2.05, 4.69) is 28.0 Å². The van der Waals surface area contributed by atoms with Crippen molar-refractivity contribution >= 4 is 5.97 Å². The lowest BCUT2D eigenvalue weighted by Crippen LogP contribution is -2.60. The van der Waals surface area contributed by atoms with Crippen LogP contribution in [0.15, 0.2) is 24.3 Å². The van der Waals surface area contributed by atoms with Crippen LogP contribution in [0, 0.1) is 5.92 Å². The SMILES string of the molecule is COc1cccc([C@@H]2CN(CCCC(=O)O)[C@H]3C4CCN(CC4)[C@@H]23)c1. The molecule has 4 aliphatic heterocycles. The number of hydrogen-bond donors (Lipinski definition) is 1. The van der Waals surface area contributed by atoms with E-state index in [1.54, 1.807) is 7.11 Å². The molecule has 25 heavy (non-hydrogen) atoms. The molecule has 0 spiro atoms. The van der Waals surface area contributed by atoms with Crippen LogP contribution in [0.3, 0.4) is 0 Å². The standard InChI is InChI=1S/C20H28N2O3/c1-25-16-5-2-4-15(12-16)17-13-22(9-3-6-18(23)24)19-14-7-10-21(11-8-14)20(17)19/h2,4-5,12,14,17,19-20H,3,6-11,13H2,1H3,(H,23,24)/t17-,19-,20-/m0/s1. The topological polar surface area (TPSA) is 53.0 Å². The highest BCUT2D eigenvalue weighted by Crippen LogP contribution is 2.46. The summed E-state index contributed by atoms with van der Waals surface area (Å²) in [6, 6.07) is 9.68. The number of carbonyl (C=O) groups is 1. The van der Waals surface area contributed by atoms with Crippen molar-refractivity contribution in [1.82, 2.24) is 9.80 Å². The minimum absolute atomic E-state index is 0.270. The molecule has 4 aliphatic rings. The molecule has 0 radical (unpaired) electrons. The van der Waals surface area contributed by atoms with Gasteiger partial charge in [0.15, 0.2) is 0 Å². The molecule has 0 saturated carbocycles. The van der Waals surface area contributed by atoms with Gasteiger partial charge in [0, 0.05) is 31.0 Å². The summed E-state index contributed by atoms with van der Waals surface area (Å²) in [6.07, 6.45) is 3.60. The van der Waals surface area contributed by atoms with Crippen LogP contribution in [0.25, 0.3) is 0 Å². The third-order valence-electron chi connectivity index (χ3n) is 6.45. The Hall–Kier alpha value is -1.59. The number of piperidine rings is 3. The largest absolute Gasteiger partial charge is 0.497 e. The predicted octanol–water partition coefficient (Wildman–Crippen LogP) is 2.42.